The van der Waals surface area contributed by atoms with Gasteiger partial charge in [-0.2, -0.15) is 0 Å². The zero-order chi connectivity index (χ0) is 18.3. The molecule has 1 atom stereocenters. The van der Waals surface area contributed by atoms with Gasteiger partial charge >= 0.3 is 6.03 Å². The van der Waals surface area contributed by atoms with Crippen LogP contribution < -0.4 is 15.4 Å². The standard InChI is InChI=1S/C18H18N2O5S/c1-24-17-8-13-12-4-2-3-5-15(12)25-16(13)9-14(17)20-18(21)19-11-6-7-26(22,23)10-11/h2-5,8-9,11H,6-7,10H2,1H3,(H2,19,20,21). The summed E-state index contributed by atoms with van der Waals surface area (Å²) in [6, 6.07) is 10.3. The van der Waals surface area contributed by atoms with E-state index in [0.29, 0.717) is 23.4 Å². The fourth-order valence-corrected chi connectivity index (χ4v) is 4.94. The van der Waals surface area contributed by atoms with Crippen molar-refractivity contribution in [3.05, 3.63) is 36.4 Å². The number of methoxy groups -OCH3 is 1. The van der Waals surface area contributed by atoms with Crippen LogP contribution in [0, 0.1) is 0 Å². The summed E-state index contributed by atoms with van der Waals surface area (Å²) in [5, 5.41) is 7.28. The van der Waals surface area contributed by atoms with Gasteiger partial charge in [0, 0.05) is 22.9 Å². The summed E-state index contributed by atoms with van der Waals surface area (Å²) < 4.78 is 34.2. The average Bonchev–Trinajstić information content (AvgIpc) is 3.12. The molecule has 0 saturated carbocycles. The van der Waals surface area contributed by atoms with E-state index in [4.69, 9.17) is 9.15 Å². The Bertz CT molecular complexity index is 1100. The third kappa shape index (κ3) is 3.08. The lowest BCUT2D eigenvalue weighted by Crippen LogP contribution is -2.38. The van der Waals surface area contributed by atoms with Gasteiger partial charge in [-0.3, -0.25) is 0 Å². The van der Waals surface area contributed by atoms with Gasteiger partial charge in [-0.15, -0.1) is 0 Å². The topological polar surface area (TPSA) is 97.6 Å². The summed E-state index contributed by atoms with van der Waals surface area (Å²) in [6.07, 6.45) is 0.426. The Hall–Kier alpha value is -2.74. The largest absolute Gasteiger partial charge is 0.495 e. The van der Waals surface area contributed by atoms with Crippen molar-refractivity contribution in [3.63, 3.8) is 0 Å². The van der Waals surface area contributed by atoms with Gasteiger partial charge in [0.15, 0.2) is 9.84 Å². The third-order valence-corrected chi connectivity index (χ3v) is 6.28. The SMILES string of the molecule is COc1cc2c(cc1NC(=O)NC1CCS(=O)(=O)C1)oc1ccccc12. The number of benzene rings is 2. The van der Waals surface area contributed by atoms with Crippen LogP contribution in [0.15, 0.2) is 40.8 Å². The number of fused-ring (bicyclic) bond motifs is 3. The molecule has 1 unspecified atom stereocenters. The lowest BCUT2D eigenvalue weighted by Gasteiger charge is -2.14. The highest BCUT2D eigenvalue weighted by atomic mass is 32.2. The fourth-order valence-electron chi connectivity index (χ4n) is 3.27. The maximum atomic E-state index is 12.3. The van der Waals surface area contributed by atoms with E-state index in [9.17, 15) is 13.2 Å². The molecule has 26 heavy (non-hydrogen) atoms. The minimum Gasteiger partial charge on any atom is -0.495 e. The molecule has 1 aliphatic rings. The molecule has 3 aromatic rings. The van der Waals surface area contributed by atoms with Crippen molar-refractivity contribution in [1.82, 2.24) is 5.32 Å². The van der Waals surface area contributed by atoms with Gasteiger partial charge in [0.25, 0.3) is 0 Å². The minimum atomic E-state index is -3.05. The molecule has 2 aromatic carbocycles. The fraction of sp³-hybridized carbons (Fsp3) is 0.278. The molecule has 0 bridgehead atoms. The number of furan rings is 1. The maximum absolute atomic E-state index is 12.3. The Kier molecular flexibility index (Phi) is 3.99. The Morgan fingerprint density at radius 1 is 1.19 bits per heavy atom. The van der Waals surface area contributed by atoms with Crippen molar-refractivity contribution in [1.29, 1.82) is 0 Å². The minimum absolute atomic E-state index is 0.0276. The van der Waals surface area contributed by atoms with Crippen molar-refractivity contribution in [2.24, 2.45) is 0 Å². The van der Waals surface area contributed by atoms with Crippen LogP contribution in [-0.4, -0.2) is 39.1 Å². The van der Waals surface area contributed by atoms with E-state index in [1.54, 1.807) is 6.07 Å². The van der Waals surface area contributed by atoms with Crippen LogP contribution >= 0.6 is 0 Å². The molecule has 1 saturated heterocycles. The predicted molar refractivity (Wildman–Crippen MR) is 99.5 cm³/mol. The number of hydrogen-bond acceptors (Lipinski definition) is 5. The number of anilines is 1. The first-order chi connectivity index (χ1) is 12.4. The molecule has 2 heterocycles. The first kappa shape index (κ1) is 16.7. The first-order valence-electron chi connectivity index (χ1n) is 8.22. The van der Waals surface area contributed by atoms with Gasteiger partial charge < -0.3 is 19.8 Å². The highest BCUT2D eigenvalue weighted by Crippen LogP contribution is 2.36. The number of amides is 2. The van der Waals surface area contributed by atoms with Gasteiger partial charge in [-0.1, -0.05) is 18.2 Å². The molecule has 1 aliphatic heterocycles. The smallest absolute Gasteiger partial charge is 0.319 e. The second-order valence-electron chi connectivity index (χ2n) is 6.35. The van der Waals surface area contributed by atoms with Gasteiger partial charge in [-0.05, 0) is 18.6 Å². The van der Waals surface area contributed by atoms with Crippen molar-refractivity contribution in [2.75, 3.05) is 23.9 Å². The highest BCUT2D eigenvalue weighted by molar-refractivity contribution is 7.91. The van der Waals surface area contributed by atoms with Gasteiger partial charge in [0.1, 0.15) is 16.9 Å². The van der Waals surface area contributed by atoms with Gasteiger partial charge in [-0.25, -0.2) is 13.2 Å². The third-order valence-electron chi connectivity index (χ3n) is 4.51. The summed E-state index contributed by atoms with van der Waals surface area (Å²) in [6.45, 7) is 0. The number of ether oxygens (including phenoxy) is 1. The number of rotatable bonds is 3. The summed E-state index contributed by atoms with van der Waals surface area (Å²) in [5.74, 6) is 0.574. The molecule has 0 radical (unpaired) electrons. The number of carbonyl (C=O) groups is 1. The second-order valence-corrected chi connectivity index (χ2v) is 8.57. The van der Waals surface area contributed by atoms with E-state index in [-0.39, 0.29) is 17.5 Å². The summed E-state index contributed by atoms with van der Waals surface area (Å²) in [5.41, 5.74) is 1.84. The molecule has 0 spiro atoms. The molecule has 2 N–H and O–H groups in total. The molecular weight excluding hydrogens is 356 g/mol. The molecule has 136 valence electrons. The molecule has 0 aliphatic carbocycles. The normalized spacial score (nSPS) is 18.9. The number of carbonyl (C=O) groups excluding carboxylic acids is 1. The molecule has 1 fully saturated rings. The zero-order valence-corrected chi connectivity index (χ0v) is 14.9. The monoisotopic (exact) mass is 374 g/mol. The lowest BCUT2D eigenvalue weighted by atomic mass is 10.1. The van der Waals surface area contributed by atoms with E-state index in [1.165, 1.54) is 7.11 Å². The average molecular weight is 374 g/mol. The van der Waals surface area contributed by atoms with E-state index in [2.05, 4.69) is 10.6 Å². The second kappa shape index (κ2) is 6.21. The summed E-state index contributed by atoms with van der Waals surface area (Å²) in [4.78, 5) is 12.3. The van der Waals surface area contributed by atoms with Crippen molar-refractivity contribution in [2.45, 2.75) is 12.5 Å². The van der Waals surface area contributed by atoms with Crippen molar-refractivity contribution < 1.29 is 22.4 Å². The molecule has 1 aromatic heterocycles. The van der Waals surface area contributed by atoms with Crippen molar-refractivity contribution >= 4 is 43.5 Å². The molecule has 2 amide bonds. The summed E-state index contributed by atoms with van der Waals surface area (Å²) in [7, 11) is -1.53. The van der Waals surface area contributed by atoms with E-state index < -0.39 is 15.9 Å². The maximum Gasteiger partial charge on any atom is 0.319 e. The van der Waals surface area contributed by atoms with Crippen LogP contribution in [0.1, 0.15) is 6.42 Å². The van der Waals surface area contributed by atoms with E-state index in [0.717, 1.165) is 16.4 Å². The number of urea groups is 1. The number of nitrogens with one attached hydrogen (secondary N) is 2. The van der Waals surface area contributed by atoms with Crippen LogP contribution in [0.3, 0.4) is 0 Å². The zero-order valence-electron chi connectivity index (χ0n) is 14.1. The van der Waals surface area contributed by atoms with Crippen LogP contribution in [0.4, 0.5) is 10.5 Å². The predicted octanol–water partition coefficient (Wildman–Crippen LogP) is 2.90. The first-order valence-corrected chi connectivity index (χ1v) is 10.0. The Morgan fingerprint density at radius 3 is 2.73 bits per heavy atom. The number of hydrogen-bond donors (Lipinski definition) is 2. The quantitative estimate of drug-likeness (QED) is 0.735. The van der Waals surface area contributed by atoms with Crippen LogP contribution in [0.2, 0.25) is 0 Å². The van der Waals surface area contributed by atoms with Gasteiger partial charge in [0.05, 0.1) is 24.3 Å². The lowest BCUT2D eigenvalue weighted by molar-refractivity contribution is 0.249. The van der Waals surface area contributed by atoms with E-state index in [1.807, 2.05) is 30.3 Å². The number of sulfone groups is 1. The highest BCUT2D eigenvalue weighted by Gasteiger charge is 2.29. The Labute approximate surface area is 150 Å². The van der Waals surface area contributed by atoms with Crippen LogP contribution in [0.25, 0.3) is 21.9 Å². The molecule has 4 rings (SSSR count). The van der Waals surface area contributed by atoms with Crippen LogP contribution in [-0.2, 0) is 9.84 Å². The molecule has 8 heteroatoms. The van der Waals surface area contributed by atoms with Crippen molar-refractivity contribution in [3.8, 4) is 5.75 Å². The Balaban J connectivity index is 1.61. The van der Waals surface area contributed by atoms with Crippen LogP contribution in [0.5, 0.6) is 5.75 Å². The summed E-state index contributed by atoms with van der Waals surface area (Å²) >= 11 is 0. The Morgan fingerprint density at radius 2 is 2.00 bits per heavy atom. The van der Waals surface area contributed by atoms with Gasteiger partial charge in [0.2, 0.25) is 0 Å². The number of para-hydroxylation sites is 1. The van der Waals surface area contributed by atoms with E-state index >= 15 is 0 Å². The molecule has 7 nitrogen and oxygen atoms in total. The molecular formula is C18H18N2O5S.